The zero-order valence-electron chi connectivity index (χ0n) is 21.2. The summed E-state index contributed by atoms with van der Waals surface area (Å²) in [7, 11) is 0. The molecule has 2 amide bonds. The smallest absolute Gasteiger partial charge is 0.420 e. The summed E-state index contributed by atoms with van der Waals surface area (Å²) in [5.41, 5.74) is 9.62. The molecule has 1 saturated heterocycles. The number of nitrogens with two attached hydrogens (primary N) is 1. The van der Waals surface area contributed by atoms with Crippen LogP contribution in [0, 0.1) is 44.6 Å². The second-order valence-electron chi connectivity index (χ2n) is 8.09. The van der Waals surface area contributed by atoms with Gasteiger partial charge in [0.05, 0.1) is 18.8 Å². The number of ether oxygens (including phenoxy) is 1. The third-order valence-corrected chi connectivity index (χ3v) is 5.73. The molecule has 2 aromatic rings. The molecule has 1 atom stereocenters. The molecule has 192 valence electrons. The maximum absolute atomic E-state index is 13.0. The maximum Gasteiger partial charge on any atom is 2.00 e. The zero-order chi connectivity index (χ0) is 24.8. The van der Waals surface area contributed by atoms with Crippen LogP contribution in [0.3, 0.4) is 0 Å². The fourth-order valence-corrected chi connectivity index (χ4v) is 3.86. The molecule has 9 nitrogen and oxygen atoms in total. The summed E-state index contributed by atoms with van der Waals surface area (Å²) in [5, 5.41) is 10.5. The van der Waals surface area contributed by atoms with Crippen molar-refractivity contribution in [3.05, 3.63) is 97.4 Å². The predicted octanol–water partition coefficient (Wildman–Crippen LogP) is 2.31. The van der Waals surface area contributed by atoms with Gasteiger partial charge >= 0.3 is 31.1 Å². The summed E-state index contributed by atoms with van der Waals surface area (Å²) >= 11 is 0. The molecule has 1 aromatic carbocycles. The van der Waals surface area contributed by atoms with Crippen molar-refractivity contribution in [3.63, 3.8) is 0 Å². The van der Waals surface area contributed by atoms with Gasteiger partial charge in [-0.15, -0.1) is 11.6 Å². The van der Waals surface area contributed by atoms with E-state index in [0.29, 0.717) is 44.0 Å². The number of hydrogen-bond acceptors (Lipinski definition) is 6. The summed E-state index contributed by atoms with van der Waals surface area (Å²) in [6, 6.07) is 10.2. The molecule has 1 fully saturated rings. The van der Waals surface area contributed by atoms with E-state index in [1.807, 2.05) is 19.1 Å². The number of hydrogen-bond donors (Lipinski definition) is 3. The van der Waals surface area contributed by atoms with Gasteiger partial charge in [-0.2, -0.15) is 23.3 Å². The fraction of sp³-hybridized carbons (Fsp3) is 0.259. The Morgan fingerprint density at radius 3 is 2.70 bits per heavy atom. The van der Waals surface area contributed by atoms with E-state index in [0.717, 1.165) is 17.0 Å². The normalized spacial score (nSPS) is 17.0. The van der Waals surface area contributed by atoms with E-state index in [1.165, 1.54) is 0 Å². The van der Waals surface area contributed by atoms with Crippen LogP contribution in [-0.2, 0) is 16.0 Å². The minimum absolute atomic E-state index is 0. The molecular weight excluding hydrogens is 694 g/mol. The van der Waals surface area contributed by atoms with E-state index in [2.05, 4.69) is 28.4 Å². The first kappa shape index (κ1) is 30.2. The number of carbonyl (C=O) groups excluding carboxylic acids is 2. The molecular formula is C27H32N6O3U. The Morgan fingerprint density at radius 1 is 1.35 bits per heavy atom. The van der Waals surface area contributed by atoms with Gasteiger partial charge in [0.25, 0.3) is 11.8 Å². The first-order valence-electron chi connectivity index (χ1n) is 11.5. The van der Waals surface area contributed by atoms with Crippen LogP contribution in [0.1, 0.15) is 28.7 Å². The van der Waals surface area contributed by atoms with Gasteiger partial charge in [0, 0.05) is 30.7 Å². The van der Waals surface area contributed by atoms with Gasteiger partial charge in [-0.3, -0.25) is 9.59 Å². The molecule has 1 unspecified atom stereocenters. The number of allylic oxidation sites excluding steroid dienone is 2. The third kappa shape index (κ3) is 7.25. The molecule has 0 saturated carbocycles. The van der Waals surface area contributed by atoms with E-state index in [4.69, 9.17) is 10.5 Å². The second-order valence-corrected chi connectivity index (χ2v) is 8.09. The Morgan fingerprint density at radius 2 is 2.11 bits per heavy atom. The van der Waals surface area contributed by atoms with Crippen LogP contribution in [-0.4, -0.2) is 59.0 Å². The minimum atomic E-state index is -0.464. The Labute approximate surface area is 241 Å². The van der Waals surface area contributed by atoms with Gasteiger partial charge in [-0.25, -0.2) is 4.68 Å². The van der Waals surface area contributed by atoms with Crippen molar-refractivity contribution in [1.29, 1.82) is 0 Å². The summed E-state index contributed by atoms with van der Waals surface area (Å²) < 4.78 is 7.03. The van der Waals surface area contributed by atoms with E-state index in [1.54, 1.807) is 52.2 Å². The van der Waals surface area contributed by atoms with Crippen LogP contribution in [0.15, 0.2) is 66.9 Å². The number of nitrogen functional groups attached to an aromatic ring is 1. The number of benzene rings is 1. The van der Waals surface area contributed by atoms with Crippen molar-refractivity contribution >= 4 is 23.2 Å². The van der Waals surface area contributed by atoms with Gasteiger partial charge < -0.3 is 33.4 Å². The molecule has 4 rings (SSSR count). The van der Waals surface area contributed by atoms with Crippen molar-refractivity contribution in [3.8, 4) is 0 Å². The summed E-state index contributed by atoms with van der Waals surface area (Å²) in [6.07, 6.45) is 8.80. The number of morpholine rings is 1. The minimum Gasteiger partial charge on any atom is -0.420 e. The zero-order valence-corrected chi connectivity index (χ0v) is 25.3. The van der Waals surface area contributed by atoms with Gasteiger partial charge in [-0.05, 0) is 30.7 Å². The van der Waals surface area contributed by atoms with Crippen LogP contribution in [0.5, 0.6) is 0 Å². The number of rotatable bonds is 7. The number of aryl methyl sites for hydroxylation is 1. The van der Waals surface area contributed by atoms with Crippen molar-refractivity contribution < 1.29 is 45.4 Å². The number of aromatic nitrogens is 2. The summed E-state index contributed by atoms with van der Waals surface area (Å²) in [6.45, 7) is 8.04. The van der Waals surface area contributed by atoms with Crippen molar-refractivity contribution in [2.75, 3.05) is 32.0 Å². The van der Waals surface area contributed by atoms with Crippen LogP contribution >= 0.6 is 0 Å². The Balaban J connectivity index is 0.00000241. The maximum atomic E-state index is 13.0. The van der Waals surface area contributed by atoms with Crippen molar-refractivity contribution in [2.24, 2.45) is 0 Å². The molecule has 0 aliphatic carbocycles. The number of amides is 2. The number of anilines is 1. The van der Waals surface area contributed by atoms with E-state index >= 15 is 0 Å². The number of carbonyl (C=O) groups is 2. The van der Waals surface area contributed by atoms with Gasteiger partial charge in [0.1, 0.15) is 6.17 Å². The number of nitrogens with one attached hydrogen (secondary N) is 2. The predicted molar refractivity (Wildman–Crippen MR) is 140 cm³/mol. The fourth-order valence-electron chi connectivity index (χ4n) is 3.86. The van der Waals surface area contributed by atoms with Crippen LogP contribution < -0.4 is 16.4 Å². The molecule has 10 heteroatoms. The number of nitrogens with zero attached hydrogens (tertiary/aromatic N) is 3. The first-order valence-corrected chi connectivity index (χ1v) is 11.5. The molecule has 37 heavy (non-hydrogen) atoms. The van der Waals surface area contributed by atoms with Gasteiger partial charge in [0.2, 0.25) is 0 Å². The average molecular weight is 727 g/mol. The Kier molecular flexibility index (Phi) is 11.4. The number of dihydropyridines is 1. The van der Waals surface area contributed by atoms with Gasteiger partial charge in [0.15, 0.2) is 5.69 Å². The molecule has 1 aromatic heterocycles. The topological polar surface area (TPSA) is 115 Å². The van der Waals surface area contributed by atoms with Crippen LogP contribution in [0.4, 0.5) is 5.69 Å². The van der Waals surface area contributed by atoms with Crippen molar-refractivity contribution in [2.45, 2.75) is 19.5 Å². The Hall–Kier alpha value is -3.06. The SMILES string of the molecule is C=C/C=C(/c1c[c-]c(N)cc1)n1nc(C(=O)NC2C=CC(C(=O)N3CCOCC3)=CN2)cc1CC.[CH3-].[U+2]. The molecule has 3 heterocycles. The van der Waals surface area contributed by atoms with Crippen LogP contribution in [0.2, 0.25) is 0 Å². The summed E-state index contributed by atoms with van der Waals surface area (Å²) in [4.78, 5) is 27.4. The van der Waals surface area contributed by atoms with Crippen molar-refractivity contribution in [1.82, 2.24) is 25.3 Å². The molecule has 2 aliphatic heterocycles. The van der Waals surface area contributed by atoms with E-state index in [-0.39, 0.29) is 56.0 Å². The summed E-state index contributed by atoms with van der Waals surface area (Å²) in [5.74, 6) is -0.395. The first-order chi connectivity index (χ1) is 17.0. The Bertz CT molecular complexity index is 1190. The molecule has 0 bridgehead atoms. The van der Waals surface area contributed by atoms with Gasteiger partial charge in [-0.1, -0.05) is 25.3 Å². The van der Waals surface area contributed by atoms with E-state index < -0.39 is 6.17 Å². The van der Waals surface area contributed by atoms with Crippen LogP contribution in [0.25, 0.3) is 5.70 Å². The monoisotopic (exact) mass is 726 g/mol. The third-order valence-electron chi connectivity index (χ3n) is 5.73. The molecule has 4 N–H and O–H groups in total. The largest absolute Gasteiger partial charge is 2.00 e. The standard InChI is InChI=1S/C26H29N6O3.CH3.U/c1-3-5-23(18-6-9-20(27)10-7-18)32-21(4-2)16-22(30-32)25(33)29-24-11-8-19(17-28-24)26(34)31-12-14-35-15-13-31;;/h3,5-9,11,16-17,24,28H,1,4,12-15,27H2,2H3,(H,29,33);1H3;/q2*-1;+2/b23-5-;;. The molecule has 0 spiro atoms. The van der Waals surface area contributed by atoms with E-state index in [9.17, 15) is 9.59 Å². The average Bonchev–Trinajstić information content (AvgIpc) is 3.33. The molecule has 2 aliphatic rings. The second kappa shape index (κ2) is 14.0. The molecule has 0 radical (unpaired) electrons. The quantitative estimate of drug-likeness (QED) is 0.230.